The maximum absolute atomic E-state index is 10.5. The second-order valence-electron chi connectivity index (χ2n) is 2.95. The highest BCUT2D eigenvalue weighted by Crippen LogP contribution is 2.24. The van der Waals surface area contributed by atoms with Gasteiger partial charge in [0.2, 0.25) is 0 Å². The van der Waals surface area contributed by atoms with Crippen LogP contribution in [0.3, 0.4) is 0 Å². The average molecular weight is 227 g/mol. The Morgan fingerprint density at radius 2 is 2.33 bits per heavy atom. The summed E-state index contributed by atoms with van der Waals surface area (Å²) in [5.41, 5.74) is 6.49. The predicted octanol–water partition coefficient (Wildman–Crippen LogP) is 1.95. The minimum Gasteiger partial charge on any atom is -0.393 e. The molecule has 0 fully saturated rings. The summed E-state index contributed by atoms with van der Waals surface area (Å²) in [6.45, 7) is 0.818. The van der Waals surface area contributed by atoms with Crippen LogP contribution in [0.15, 0.2) is 18.2 Å². The van der Waals surface area contributed by atoms with Crippen molar-refractivity contribution in [1.29, 1.82) is 0 Å². The lowest BCUT2D eigenvalue weighted by Crippen LogP contribution is -2.04. The summed E-state index contributed by atoms with van der Waals surface area (Å²) in [5.74, 6) is 0.983. The van der Waals surface area contributed by atoms with Gasteiger partial charge >= 0.3 is 0 Å². The number of nitrogens with zero attached hydrogens (tertiary/aromatic N) is 1. The maximum atomic E-state index is 10.5. The number of anilines is 2. The summed E-state index contributed by atoms with van der Waals surface area (Å²) in [6.07, 6.45) is 2.02. The van der Waals surface area contributed by atoms with Crippen molar-refractivity contribution in [2.24, 2.45) is 0 Å². The van der Waals surface area contributed by atoms with Gasteiger partial charge in [0.1, 0.15) is 5.69 Å². The number of nitrogens with one attached hydrogen (secondary N) is 1. The summed E-state index contributed by atoms with van der Waals surface area (Å²) in [6, 6.07) is 4.66. The molecule has 15 heavy (non-hydrogen) atoms. The van der Waals surface area contributed by atoms with Gasteiger partial charge in [-0.25, -0.2) is 0 Å². The first-order chi connectivity index (χ1) is 7.15. The van der Waals surface area contributed by atoms with Gasteiger partial charge in [0.15, 0.2) is 0 Å². The van der Waals surface area contributed by atoms with E-state index in [4.69, 9.17) is 5.73 Å². The van der Waals surface area contributed by atoms with Crippen LogP contribution >= 0.6 is 11.8 Å². The molecule has 1 rings (SSSR count). The molecule has 0 bridgehead atoms. The van der Waals surface area contributed by atoms with Crippen LogP contribution in [0.5, 0.6) is 0 Å². The van der Waals surface area contributed by atoms with E-state index in [1.807, 2.05) is 6.26 Å². The normalized spacial score (nSPS) is 9.93. The molecule has 0 heterocycles. The van der Waals surface area contributed by atoms with E-state index in [1.165, 1.54) is 6.07 Å². The predicted molar refractivity (Wildman–Crippen MR) is 64.4 cm³/mol. The number of nitro groups is 1. The number of nitro benzene ring substituents is 1. The Morgan fingerprint density at radius 1 is 1.60 bits per heavy atom. The first-order valence-electron chi connectivity index (χ1n) is 4.42. The van der Waals surface area contributed by atoms with E-state index in [1.54, 1.807) is 23.9 Å². The zero-order valence-corrected chi connectivity index (χ0v) is 9.21. The first-order valence-corrected chi connectivity index (χ1v) is 5.81. The summed E-state index contributed by atoms with van der Waals surface area (Å²) < 4.78 is 0. The third-order valence-electron chi connectivity index (χ3n) is 1.86. The number of nitrogen functional groups attached to an aromatic ring is 1. The molecule has 0 unspecified atom stereocenters. The van der Waals surface area contributed by atoms with Crippen LogP contribution in [0.1, 0.15) is 0 Å². The fourth-order valence-corrected chi connectivity index (χ4v) is 1.43. The topological polar surface area (TPSA) is 81.2 Å². The van der Waals surface area contributed by atoms with Crippen LogP contribution in [-0.2, 0) is 0 Å². The van der Waals surface area contributed by atoms with Gasteiger partial charge in [0.25, 0.3) is 5.69 Å². The molecule has 5 nitrogen and oxygen atoms in total. The molecule has 0 amide bonds. The van der Waals surface area contributed by atoms with Gasteiger partial charge in [-0.05, 0) is 18.4 Å². The van der Waals surface area contributed by atoms with Crippen molar-refractivity contribution in [2.45, 2.75) is 0 Å². The van der Waals surface area contributed by atoms with E-state index < -0.39 is 4.92 Å². The number of thioether (sulfide) groups is 1. The molecule has 6 heteroatoms. The molecular formula is C9H13N3O2S. The molecule has 0 saturated carbocycles. The summed E-state index contributed by atoms with van der Waals surface area (Å²) in [7, 11) is 0. The third kappa shape index (κ3) is 3.32. The van der Waals surface area contributed by atoms with Gasteiger partial charge < -0.3 is 11.1 Å². The van der Waals surface area contributed by atoms with Gasteiger partial charge in [0.05, 0.1) is 4.92 Å². The zero-order valence-electron chi connectivity index (χ0n) is 8.40. The number of rotatable bonds is 5. The second kappa shape index (κ2) is 5.45. The molecule has 0 aliphatic carbocycles. The molecule has 0 radical (unpaired) electrons. The molecule has 0 aliphatic heterocycles. The van der Waals surface area contributed by atoms with Crippen molar-refractivity contribution < 1.29 is 4.92 Å². The van der Waals surface area contributed by atoms with Gasteiger partial charge in [-0.2, -0.15) is 11.8 Å². The highest BCUT2D eigenvalue weighted by molar-refractivity contribution is 7.98. The van der Waals surface area contributed by atoms with E-state index in [9.17, 15) is 10.1 Å². The second-order valence-corrected chi connectivity index (χ2v) is 3.94. The molecule has 0 aliphatic rings. The molecule has 0 atom stereocenters. The van der Waals surface area contributed by atoms with Gasteiger partial charge in [-0.3, -0.25) is 10.1 Å². The Hall–Kier alpha value is -1.43. The molecule has 1 aromatic rings. The third-order valence-corrected chi connectivity index (χ3v) is 2.47. The molecule has 0 saturated heterocycles. The maximum Gasteiger partial charge on any atom is 0.292 e. The van der Waals surface area contributed by atoms with Gasteiger partial charge in [-0.15, -0.1) is 0 Å². The Labute approximate surface area is 92.2 Å². The van der Waals surface area contributed by atoms with Crippen molar-refractivity contribution in [2.75, 3.05) is 29.6 Å². The van der Waals surface area contributed by atoms with Crippen molar-refractivity contribution in [1.82, 2.24) is 0 Å². The van der Waals surface area contributed by atoms with Crippen LogP contribution in [0.4, 0.5) is 17.1 Å². The van der Waals surface area contributed by atoms with Crippen LogP contribution in [0.2, 0.25) is 0 Å². The highest BCUT2D eigenvalue weighted by atomic mass is 32.2. The van der Waals surface area contributed by atoms with Crippen molar-refractivity contribution >= 4 is 28.8 Å². The molecule has 1 aromatic carbocycles. The standard InChI is InChI=1S/C9H13N3O2S/c1-15-5-4-11-7-2-3-9(12(13)14)8(10)6-7/h2-3,6,11H,4-5,10H2,1H3. The Bertz CT molecular complexity index is 357. The molecular weight excluding hydrogens is 214 g/mol. The minimum atomic E-state index is -0.485. The lowest BCUT2D eigenvalue weighted by Gasteiger charge is -2.05. The number of hydrogen-bond acceptors (Lipinski definition) is 5. The molecule has 82 valence electrons. The lowest BCUT2D eigenvalue weighted by molar-refractivity contribution is -0.383. The van der Waals surface area contributed by atoms with Crippen molar-refractivity contribution in [3.05, 3.63) is 28.3 Å². The smallest absolute Gasteiger partial charge is 0.292 e. The SMILES string of the molecule is CSCCNc1ccc([N+](=O)[O-])c(N)c1. The van der Waals surface area contributed by atoms with Crippen molar-refractivity contribution in [3.8, 4) is 0 Å². The van der Waals surface area contributed by atoms with E-state index in [-0.39, 0.29) is 11.4 Å². The number of nitrogens with two attached hydrogens (primary N) is 1. The number of hydrogen-bond donors (Lipinski definition) is 2. The Morgan fingerprint density at radius 3 is 2.87 bits per heavy atom. The summed E-state index contributed by atoms with van der Waals surface area (Å²) >= 11 is 1.73. The van der Waals surface area contributed by atoms with Crippen LogP contribution in [-0.4, -0.2) is 23.5 Å². The van der Waals surface area contributed by atoms with Crippen LogP contribution in [0.25, 0.3) is 0 Å². The van der Waals surface area contributed by atoms with E-state index in [0.29, 0.717) is 0 Å². The largest absolute Gasteiger partial charge is 0.393 e. The molecule has 3 N–H and O–H groups in total. The quantitative estimate of drug-likeness (QED) is 0.348. The van der Waals surface area contributed by atoms with Crippen molar-refractivity contribution in [3.63, 3.8) is 0 Å². The highest BCUT2D eigenvalue weighted by Gasteiger charge is 2.10. The van der Waals surface area contributed by atoms with Gasteiger partial charge in [-0.1, -0.05) is 0 Å². The average Bonchev–Trinajstić information content (AvgIpc) is 2.17. The zero-order chi connectivity index (χ0) is 11.3. The molecule has 0 aromatic heterocycles. The summed E-state index contributed by atoms with van der Waals surface area (Å²) in [4.78, 5) is 10.0. The Balaban J connectivity index is 2.69. The van der Waals surface area contributed by atoms with E-state index in [0.717, 1.165) is 18.0 Å². The fourth-order valence-electron chi connectivity index (χ4n) is 1.13. The first kappa shape index (κ1) is 11.6. The fraction of sp³-hybridized carbons (Fsp3) is 0.333. The molecule has 0 spiro atoms. The van der Waals surface area contributed by atoms with Crippen LogP contribution < -0.4 is 11.1 Å². The summed E-state index contributed by atoms with van der Waals surface area (Å²) in [5, 5.41) is 13.6. The minimum absolute atomic E-state index is 0.0505. The lowest BCUT2D eigenvalue weighted by atomic mass is 10.2. The van der Waals surface area contributed by atoms with E-state index in [2.05, 4.69) is 5.32 Å². The Kier molecular flexibility index (Phi) is 4.23. The van der Waals surface area contributed by atoms with Crippen LogP contribution in [0, 0.1) is 10.1 Å². The number of benzene rings is 1. The monoisotopic (exact) mass is 227 g/mol. The van der Waals surface area contributed by atoms with Gasteiger partial charge in [0, 0.05) is 24.1 Å². The van der Waals surface area contributed by atoms with E-state index >= 15 is 0 Å².